The van der Waals surface area contributed by atoms with Crippen molar-refractivity contribution in [2.75, 3.05) is 6.61 Å². The Morgan fingerprint density at radius 3 is 2.53 bits per heavy atom. The Bertz CT molecular complexity index is 464. The summed E-state index contributed by atoms with van der Waals surface area (Å²) in [6, 6.07) is 5.91. The van der Waals surface area contributed by atoms with E-state index in [-0.39, 0.29) is 11.3 Å². The molecule has 8 nitrogen and oxygen atoms in total. The highest BCUT2D eigenvalue weighted by molar-refractivity contribution is 5.77. The second kappa shape index (κ2) is 6.69. The van der Waals surface area contributed by atoms with Crippen LogP contribution in [0.5, 0.6) is 5.75 Å². The lowest BCUT2D eigenvalue weighted by atomic mass is 10.0. The summed E-state index contributed by atoms with van der Waals surface area (Å²) >= 11 is 0. The molecule has 0 aliphatic carbocycles. The topological polar surface area (TPSA) is 142 Å². The summed E-state index contributed by atoms with van der Waals surface area (Å²) in [6.07, 6.45) is -3.66. The molecule has 8 heteroatoms. The van der Waals surface area contributed by atoms with Crippen molar-refractivity contribution in [1.29, 1.82) is 0 Å². The Labute approximate surface area is 108 Å². The molecule has 0 fully saturated rings. The fraction of sp³-hybridized carbons (Fsp3) is 0.273. The second-order valence-corrected chi connectivity index (χ2v) is 3.62. The van der Waals surface area contributed by atoms with Gasteiger partial charge in [-0.05, 0) is 6.07 Å². The number of carboxylic acids is 1. The van der Waals surface area contributed by atoms with Crippen LogP contribution in [-0.2, 0) is 9.59 Å². The first-order valence-electron chi connectivity index (χ1n) is 5.27. The number of carbonyl (C=O) groups excluding carboxylic acids is 1. The van der Waals surface area contributed by atoms with Gasteiger partial charge in [0.1, 0.15) is 11.9 Å². The molecule has 1 aromatic rings. The first kappa shape index (κ1) is 14.9. The molecule has 0 aliphatic rings. The van der Waals surface area contributed by atoms with Crippen LogP contribution in [0.3, 0.4) is 0 Å². The van der Waals surface area contributed by atoms with Gasteiger partial charge < -0.3 is 20.1 Å². The lowest BCUT2D eigenvalue weighted by Crippen LogP contribution is -2.34. The first-order valence-corrected chi connectivity index (χ1v) is 5.27. The number of carbonyl (C=O) groups is 2. The van der Waals surface area contributed by atoms with Crippen LogP contribution >= 0.6 is 0 Å². The molecule has 0 radical (unpaired) electrons. The van der Waals surface area contributed by atoms with E-state index >= 15 is 0 Å². The third-order valence-electron chi connectivity index (χ3n) is 2.31. The van der Waals surface area contributed by atoms with Crippen molar-refractivity contribution in [3.8, 4) is 5.75 Å². The number of aliphatic hydroxyl groups is 2. The summed E-state index contributed by atoms with van der Waals surface area (Å²) in [7, 11) is 0. The van der Waals surface area contributed by atoms with Gasteiger partial charge >= 0.3 is 5.97 Å². The number of ether oxygens (including phenoxy) is 1. The van der Waals surface area contributed by atoms with Gasteiger partial charge in [0, 0.05) is 5.56 Å². The molecule has 0 aliphatic heterocycles. The van der Waals surface area contributed by atoms with Crippen LogP contribution < -0.4 is 16.0 Å². The van der Waals surface area contributed by atoms with Crippen molar-refractivity contribution in [1.82, 2.24) is 5.43 Å². The van der Waals surface area contributed by atoms with Crippen molar-refractivity contribution in [3.05, 3.63) is 29.8 Å². The number of aliphatic hydroxyl groups excluding tert-OH is 2. The van der Waals surface area contributed by atoms with Crippen LogP contribution in [0.1, 0.15) is 11.7 Å². The minimum atomic E-state index is -1.99. The number of carboxylic acid groups (broad SMARTS) is 1. The molecule has 0 aromatic heterocycles. The van der Waals surface area contributed by atoms with Gasteiger partial charge in [0.05, 0.1) is 0 Å². The monoisotopic (exact) mass is 270 g/mol. The van der Waals surface area contributed by atoms with Crippen molar-refractivity contribution < 1.29 is 29.6 Å². The van der Waals surface area contributed by atoms with Gasteiger partial charge in [0.2, 0.25) is 0 Å². The number of nitrogens with one attached hydrogen (secondary N) is 1. The molecule has 19 heavy (non-hydrogen) atoms. The van der Waals surface area contributed by atoms with Gasteiger partial charge in [0.15, 0.2) is 12.7 Å². The molecule has 104 valence electrons. The predicted molar refractivity (Wildman–Crippen MR) is 62.9 cm³/mol. The van der Waals surface area contributed by atoms with Crippen molar-refractivity contribution in [2.45, 2.75) is 12.2 Å². The van der Waals surface area contributed by atoms with E-state index in [9.17, 15) is 19.8 Å². The zero-order valence-electron chi connectivity index (χ0n) is 9.81. The Morgan fingerprint density at radius 2 is 1.95 bits per heavy atom. The van der Waals surface area contributed by atoms with Crippen LogP contribution in [0.4, 0.5) is 0 Å². The Morgan fingerprint density at radius 1 is 1.32 bits per heavy atom. The van der Waals surface area contributed by atoms with E-state index in [0.29, 0.717) is 0 Å². The molecule has 0 saturated heterocycles. The van der Waals surface area contributed by atoms with Crippen LogP contribution in [0.15, 0.2) is 24.3 Å². The van der Waals surface area contributed by atoms with Crippen molar-refractivity contribution >= 4 is 11.9 Å². The maximum Gasteiger partial charge on any atom is 0.335 e. The van der Waals surface area contributed by atoms with Gasteiger partial charge in [-0.3, -0.25) is 10.2 Å². The molecule has 0 bridgehead atoms. The van der Waals surface area contributed by atoms with E-state index in [1.807, 2.05) is 5.43 Å². The van der Waals surface area contributed by atoms with Crippen molar-refractivity contribution in [2.24, 2.45) is 5.84 Å². The maximum atomic E-state index is 10.9. The first-order chi connectivity index (χ1) is 8.97. The van der Waals surface area contributed by atoms with Crippen LogP contribution in [-0.4, -0.2) is 39.9 Å². The second-order valence-electron chi connectivity index (χ2n) is 3.62. The number of para-hydroxylation sites is 1. The zero-order valence-corrected chi connectivity index (χ0v) is 9.81. The third kappa shape index (κ3) is 3.91. The number of rotatable bonds is 6. The van der Waals surface area contributed by atoms with E-state index in [1.54, 1.807) is 6.07 Å². The van der Waals surface area contributed by atoms with Gasteiger partial charge in [0.25, 0.3) is 5.91 Å². The lowest BCUT2D eigenvalue weighted by Gasteiger charge is -2.17. The van der Waals surface area contributed by atoms with Gasteiger partial charge in [-0.25, -0.2) is 10.6 Å². The highest BCUT2D eigenvalue weighted by Gasteiger charge is 2.27. The van der Waals surface area contributed by atoms with Gasteiger partial charge in [-0.2, -0.15) is 0 Å². The fourth-order valence-electron chi connectivity index (χ4n) is 1.35. The van der Waals surface area contributed by atoms with E-state index in [4.69, 9.17) is 15.7 Å². The molecular weight excluding hydrogens is 256 g/mol. The van der Waals surface area contributed by atoms with Crippen LogP contribution in [0.2, 0.25) is 0 Å². The smallest absolute Gasteiger partial charge is 0.335 e. The van der Waals surface area contributed by atoms with Crippen LogP contribution in [0.25, 0.3) is 0 Å². The van der Waals surface area contributed by atoms with E-state index in [2.05, 4.69) is 0 Å². The molecule has 0 spiro atoms. The fourth-order valence-corrected chi connectivity index (χ4v) is 1.35. The molecule has 1 aromatic carbocycles. The van der Waals surface area contributed by atoms with E-state index in [0.717, 1.165) is 0 Å². The zero-order chi connectivity index (χ0) is 14.4. The number of hydrogen-bond donors (Lipinski definition) is 5. The Balaban J connectivity index is 2.89. The summed E-state index contributed by atoms with van der Waals surface area (Å²) in [6.45, 7) is -0.399. The molecule has 6 N–H and O–H groups in total. The number of aliphatic carboxylic acids is 1. The molecule has 0 saturated carbocycles. The number of hydrogen-bond acceptors (Lipinski definition) is 6. The number of nitrogens with two attached hydrogens (primary N) is 1. The minimum Gasteiger partial charge on any atom is -0.483 e. The summed E-state index contributed by atoms with van der Waals surface area (Å²) < 4.78 is 5.08. The summed E-state index contributed by atoms with van der Waals surface area (Å²) in [5.41, 5.74) is 1.91. The average molecular weight is 270 g/mol. The van der Waals surface area contributed by atoms with Crippen molar-refractivity contribution in [3.63, 3.8) is 0 Å². The largest absolute Gasteiger partial charge is 0.483 e. The van der Waals surface area contributed by atoms with E-state index < -0.39 is 30.7 Å². The van der Waals surface area contributed by atoms with Crippen LogP contribution in [0, 0.1) is 0 Å². The summed E-state index contributed by atoms with van der Waals surface area (Å²) in [4.78, 5) is 21.5. The van der Waals surface area contributed by atoms with Gasteiger partial charge in [-0.1, -0.05) is 18.2 Å². The predicted octanol–water partition coefficient (Wildman–Crippen LogP) is -1.47. The van der Waals surface area contributed by atoms with Gasteiger partial charge in [-0.15, -0.1) is 0 Å². The molecular formula is C11H14N2O6. The minimum absolute atomic E-state index is 0.0576. The Hall–Kier alpha value is -2.16. The summed E-state index contributed by atoms with van der Waals surface area (Å²) in [5.74, 6) is 2.80. The molecule has 1 rings (SSSR count). The average Bonchev–Trinajstić information content (AvgIpc) is 2.43. The third-order valence-corrected chi connectivity index (χ3v) is 2.31. The van der Waals surface area contributed by atoms with E-state index in [1.165, 1.54) is 18.2 Å². The normalized spacial score (nSPS) is 13.4. The number of benzene rings is 1. The maximum absolute atomic E-state index is 10.9. The lowest BCUT2D eigenvalue weighted by molar-refractivity contribution is -0.153. The Kier molecular flexibility index (Phi) is 5.24. The standard InChI is InChI=1S/C11H14N2O6/c12-13-8(14)5-19-7-4-2-1-3-6(7)9(15)10(16)11(17)18/h1-4,9-10,15-16H,5,12H2,(H,13,14)(H,17,18). The summed E-state index contributed by atoms with van der Waals surface area (Å²) in [5, 5.41) is 27.6. The molecule has 2 unspecified atom stereocenters. The molecule has 0 heterocycles. The molecule has 2 atom stereocenters. The quantitative estimate of drug-likeness (QED) is 0.241. The SMILES string of the molecule is NNC(=O)COc1ccccc1C(O)C(O)C(=O)O. The highest BCUT2D eigenvalue weighted by atomic mass is 16.5. The number of hydrazine groups is 1. The number of amides is 1. The molecule has 1 amide bonds. The highest BCUT2D eigenvalue weighted by Crippen LogP contribution is 2.27.